The van der Waals surface area contributed by atoms with Crippen LogP contribution in [0.4, 0.5) is 0 Å². The molecule has 2 unspecified atom stereocenters. The van der Waals surface area contributed by atoms with E-state index in [1.807, 2.05) is 42.5 Å². The van der Waals surface area contributed by atoms with Gasteiger partial charge < -0.3 is 14.7 Å². The average molecular weight is 351 g/mol. The zero-order valence-electron chi connectivity index (χ0n) is 16.0. The molecule has 0 heterocycles. The zero-order valence-corrected chi connectivity index (χ0v) is 16.0. The summed E-state index contributed by atoms with van der Waals surface area (Å²) in [6.45, 7) is 0.847. The number of nitrogens with zero attached hydrogens (tertiary/aromatic N) is 1. The molecule has 0 bridgehead atoms. The van der Waals surface area contributed by atoms with Crippen LogP contribution in [0.1, 0.15) is 30.4 Å². The lowest BCUT2D eigenvalue weighted by atomic mass is 9.67. The Balaban J connectivity index is 2.10. The highest BCUT2D eigenvalue weighted by atomic mass is 16.5. The fourth-order valence-corrected chi connectivity index (χ4v) is 4.08. The second kappa shape index (κ2) is 8.07. The van der Waals surface area contributed by atoms with Crippen molar-refractivity contribution in [3.05, 3.63) is 71.3 Å². The van der Waals surface area contributed by atoms with E-state index >= 15 is 0 Å². The molecule has 1 N–H and O–H groups in total. The number of methoxy groups -OCH3 is 1. The minimum absolute atomic E-state index is 0.147. The van der Waals surface area contributed by atoms with Crippen LogP contribution in [0.3, 0.4) is 0 Å². The van der Waals surface area contributed by atoms with Crippen LogP contribution in [0.5, 0.6) is 5.75 Å². The Kier molecular flexibility index (Phi) is 5.80. The van der Waals surface area contributed by atoms with Crippen molar-refractivity contribution in [1.29, 1.82) is 0 Å². The third-order valence-electron chi connectivity index (χ3n) is 5.31. The van der Waals surface area contributed by atoms with E-state index in [0.717, 1.165) is 48.3 Å². The summed E-state index contributed by atoms with van der Waals surface area (Å²) in [6.07, 6.45) is 5.19. The molecule has 138 valence electrons. The molecule has 0 radical (unpaired) electrons. The number of aliphatic hydroxyl groups is 1. The van der Waals surface area contributed by atoms with Crippen molar-refractivity contribution in [2.45, 2.75) is 24.9 Å². The third-order valence-corrected chi connectivity index (χ3v) is 5.31. The molecular weight excluding hydrogens is 322 g/mol. The quantitative estimate of drug-likeness (QED) is 0.870. The highest BCUT2D eigenvalue weighted by molar-refractivity contribution is 5.57. The van der Waals surface area contributed by atoms with Crippen molar-refractivity contribution in [3.63, 3.8) is 0 Å². The van der Waals surface area contributed by atoms with Crippen molar-refractivity contribution in [3.8, 4) is 5.75 Å². The molecule has 2 aromatic rings. The first-order chi connectivity index (χ1) is 12.5. The molecule has 2 aromatic carbocycles. The fourth-order valence-electron chi connectivity index (χ4n) is 4.08. The number of hydrogen-bond donors (Lipinski definition) is 1. The predicted octanol–water partition coefficient (Wildman–Crippen LogP) is 4.33. The molecule has 0 aromatic heterocycles. The topological polar surface area (TPSA) is 32.7 Å². The first-order valence-corrected chi connectivity index (χ1v) is 9.31. The van der Waals surface area contributed by atoms with Crippen LogP contribution in [0.2, 0.25) is 0 Å². The molecule has 0 aliphatic heterocycles. The molecule has 0 spiro atoms. The van der Waals surface area contributed by atoms with Crippen molar-refractivity contribution in [2.24, 2.45) is 5.92 Å². The number of rotatable bonds is 5. The number of benzene rings is 2. The van der Waals surface area contributed by atoms with Crippen LogP contribution in [0, 0.1) is 5.92 Å². The van der Waals surface area contributed by atoms with E-state index in [2.05, 4.69) is 37.2 Å². The molecule has 0 amide bonds. The minimum Gasteiger partial charge on any atom is -0.497 e. The second-order valence-corrected chi connectivity index (χ2v) is 7.43. The SMILES string of the molecule is COc1cccc(C2(O)C(=Cc3ccccc3)CCCC2CN(C)C)c1. The Morgan fingerprint density at radius 1 is 1.15 bits per heavy atom. The van der Waals surface area contributed by atoms with Crippen LogP contribution in [-0.4, -0.2) is 37.8 Å². The van der Waals surface area contributed by atoms with Gasteiger partial charge in [0.15, 0.2) is 0 Å². The van der Waals surface area contributed by atoms with E-state index in [0.29, 0.717) is 0 Å². The van der Waals surface area contributed by atoms with E-state index < -0.39 is 5.60 Å². The van der Waals surface area contributed by atoms with Gasteiger partial charge in [-0.25, -0.2) is 0 Å². The Bertz CT molecular complexity index is 754. The van der Waals surface area contributed by atoms with Gasteiger partial charge in [0.05, 0.1) is 7.11 Å². The summed E-state index contributed by atoms with van der Waals surface area (Å²) >= 11 is 0. The molecular formula is C23H29NO2. The maximum absolute atomic E-state index is 12.0. The van der Waals surface area contributed by atoms with Gasteiger partial charge in [0.2, 0.25) is 0 Å². The number of ether oxygens (including phenoxy) is 1. The van der Waals surface area contributed by atoms with Gasteiger partial charge in [0.25, 0.3) is 0 Å². The van der Waals surface area contributed by atoms with Crippen molar-refractivity contribution >= 4 is 6.08 Å². The smallest absolute Gasteiger partial charge is 0.119 e. The van der Waals surface area contributed by atoms with Crippen molar-refractivity contribution < 1.29 is 9.84 Å². The summed E-state index contributed by atoms with van der Waals surface area (Å²) in [4.78, 5) is 2.17. The number of hydrogen-bond acceptors (Lipinski definition) is 3. The Morgan fingerprint density at radius 2 is 1.92 bits per heavy atom. The maximum atomic E-state index is 12.0. The van der Waals surface area contributed by atoms with Gasteiger partial charge in [-0.15, -0.1) is 0 Å². The molecule has 0 saturated heterocycles. The zero-order chi connectivity index (χ0) is 18.6. The van der Waals surface area contributed by atoms with Gasteiger partial charge in [-0.1, -0.05) is 48.5 Å². The van der Waals surface area contributed by atoms with Crippen LogP contribution in [0.25, 0.3) is 6.08 Å². The lowest BCUT2D eigenvalue weighted by Crippen LogP contribution is -2.44. The van der Waals surface area contributed by atoms with Crippen LogP contribution < -0.4 is 4.74 Å². The largest absolute Gasteiger partial charge is 0.497 e. The molecule has 1 aliphatic rings. The Labute approximate surface area is 156 Å². The highest BCUT2D eigenvalue weighted by Gasteiger charge is 2.44. The van der Waals surface area contributed by atoms with Crippen molar-refractivity contribution in [1.82, 2.24) is 4.90 Å². The average Bonchev–Trinajstić information content (AvgIpc) is 2.65. The standard InChI is InChI=1S/C23H29NO2/c1-24(2)17-21-13-7-11-19(15-18-9-5-4-6-10-18)23(21,25)20-12-8-14-22(16-20)26-3/h4-6,8-10,12,14-16,21,25H,7,11,13,17H2,1-3H3. The molecule has 1 aliphatic carbocycles. The second-order valence-electron chi connectivity index (χ2n) is 7.43. The van der Waals surface area contributed by atoms with E-state index in [-0.39, 0.29) is 5.92 Å². The van der Waals surface area contributed by atoms with Crippen LogP contribution in [-0.2, 0) is 5.60 Å². The molecule has 1 saturated carbocycles. The van der Waals surface area contributed by atoms with Gasteiger partial charge in [-0.2, -0.15) is 0 Å². The van der Waals surface area contributed by atoms with Crippen LogP contribution in [0.15, 0.2) is 60.2 Å². The van der Waals surface area contributed by atoms with Gasteiger partial charge in [-0.3, -0.25) is 0 Å². The summed E-state index contributed by atoms with van der Waals surface area (Å²) in [5.41, 5.74) is 2.17. The molecule has 3 rings (SSSR count). The summed E-state index contributed by atoms with van der Waals surface area (Å²) in [7, 11) is 5.81. The van der Waals surface area contributed by atoms with E-state index in [4.69, 9.17) is 4.74 Å². The minimum atomic E-state index is -0.979. The Morgan fingerprint density at radius 3 is 2.62 bits per heavy atom. The highest BCUT2D eigenvalue weighted by Crippen LogP contribution is 2.47. The molecule has 1 fully saturated rings. The summed E-state index contributed by atoms with van der Waals surface area (Å²) < 4.78 is 5.42. The van der Waals surface area contributed by atoms with Crippen molar-refractivity contribution in [2.75, 3.05) is 27.7 Å². The Hall–Kier alpha value is -2.10. The van der Waals surface area contributed by atoms with E-state index in [1.54, 1.807) is 7.11 Å². The first kappa shape index (κ1) is 18.7. The van der Waals surface area contributed by atoms with Crippen LogP contribution >= 0.6 is 0 Å². The van der Waals surface area contributed by atoms with E-state index in [1.165, 1.54) is 0 Å². The monoisotopic (exact) mass is 351 g/mol. The lowest BCUT2D eigenvalue weighted by Gasteiger charge is -2.44. The normalized spacial score (nSPS) is 24.8. The fraction of sp³-hybridized carbons (Fsp3) is 0.391. The third kappa shape index (κ3) is 3.84. The summed E-state index contributed by atoms with van der Waals surface area (Å²) in [5, 5.41) is 12.0. The maximum Gasteiger partial charge on any atom is 0.119 e. The molecule has 2 atom stereocenters. The molecule has 3 nitrogen and oxygen atoms in total. The van der Waals surface area contributed by atoms with E-state index in [9.17, 15) is 5.11 Å². The van der Waals surface area contributed by atoms with Gasteiger partial charge in [0.1, 0.15) is 11.4 Å². The lowest BCUT2D eigenvalue weighted by molar-refractivity contribution is -0.0175. The molecule has 3 heteroatoms. The van der Waals surface area contributed by atoms with Gasteiger partial charge in [0, 0.05) is 12.5 Å². The van der Waals surface area contributed by atoms with Gasteiger partial charge in [-0.05, 0) is 62.2 Å². The molecule has 26 heavy (non-hydrogen) atoms. The predicted molar refractivity (Wildman–Crippen MR) is 107 cm³/mol. The van der Waals surface area contributed by atoms with Gasteiger partial charge >= 0.3 is 0 Å². The first-order valence-electron chi connectivity index (χ1n) is 9.31. The summed E-state index contributed by atoms with van der Waals surface area (Å²) in [5.74, 6) is 0.928. The summed E-state index contributed by atoms with van der Waals surface area (Å²) in [6, 6.07) is 18.2.